The molecule has 8 heteroatoms. The van der Waals surface area contributed by atoms with Crippen molar-refractivity contribution < 1.29 is 19.9 Å². The Morgan fingerprint density at radius 1 is 1.50 bits per heavy atom. The van der Waals surface area contributed by atoms with E-state index in [9.17, 15) is 20.0 Å². The number of nitro benzene ring substituents is 1. The van der Waals surface area contributed by atoms with E-state index in [0.717, 1.165) is 12.1 Å². The molecule has 20 heavy (non-hydrogen) atoms. The average molecular weight is 303 g/mol. The van der Waals surface area contributed by atoms with Crippen LogP contribution in [0.2, 0.25) is 5.02 Å². The summed E-state index contributed by atoms with van der Waals surface area (Å²) in [5, 5.41) is 32.2. The van der Waals surface area contributed by atoms with E-state index in [2.05, 4.69) is 5.32 Å². The topological polar surface area (TPSA) is 113 Å². The van der Waals surface area contributed by atoms with Crippen molar-refractivity contribution in [2.45, 2.75) is 32.4 Å². The van der Waals surface area contributed by atoms with E-state index >= 15 is 0 Å². The van der Waals surface area contributed by atoms with Gasteiger partial charge in [-0.2, -0.15) is 0 Å². The van der Waals surface area contributed by atoms with E-state index in [1.807, 2.05) is 0 Å². The van der Waals surface area contributed by atoms with Gasteiger partial charge in [0.1, 0.15) is 0 Å². The summed E-state index contributed by atoms with van der Waals surface area (Å²) in [7, 11) is 0. The lowest BCUT2D eigenvalue weighted by Crippen LogP contribution is -2.42. The maximum Gasteiger partial charge on any atom is 0.338 e. The molecule has 1 unspecified atom stereocenters. The minimum absolute atomic E-state index is 0.0377. The Kier molecular flexibility index (Phi) is 4.57. The predicted molar refractivity (Wildman–Crippen MR) is 74.4 cm³/mol. The zero-order chi connectivity index (χ0) is 15.7. The van der Waals surface area contributed by atoms with Gasteiger partial charge in [0.2, 0.25) is 0 Å². The molecule has 0 bridgehead atoms. The van der Waals surface area contributed by atoms with Gasteiger partial charge in [0, 0.05) is 12.1 Å². The van der Waals surface area contributed by atoms with Crippen molar-refractivity contribution >= 4 is 28.9 Å². The number of hydrogen-bond donors (Lipinski definition) is 3. The lowest BCUT2D eigenvalue weighted by molar-refractivity contribution is -0.384. The van der Waals surface area contributed by atoms with Crippen molar-refractivity contribution in [1.82, 2.24) is 0 Å². The van der Waals surface area contributed by atoms with Crippen LogP contribution in [-0.2, 0) is 0 Å². The fourth-order valence-electron chi connectivity index (χ4n) is 1.42. The molecule has 7 nitrogen and oxygen atoms in total. The van der Waals surface area contributed by atoms with E-state index in [1.54, 1.807) is 13.8 Å². The summed E-state index contributed by atoms with van der Waals surface area (Å²) in [6.07, 6.45) is -0.796. The molecular formula is C12H15ClN2O5. The van der Waals surface area contributed by atoms with Gasteiger partial charge in [-0.15, -0.1) is 0 Å². The van der Waals surface area contributed by atoms with Crippen LogP contribution in [0, 0.1) is 10.1 Å². The first-order valence-electron chi connectivity index (χ1n) is 5.73. The van der Waals surface area contributed by atoms with Crippen LogP contribution in [0.25, 0.3) is 0 Å². The third-order valence-electron chi connectivity index (χ3n) is 3.01. The Morgan fingerprint density at radius 2 is 2.05 bits per heavy atom. The standard InChI is InChI=1S/C12H15ClN2O5/c1-6(16)12(2,3)14-10-8(11(17)18)4-7(15(19)20)5-9(10)13/h4-6,14,16H,1-3H3,(H,17,18). The smallest absolute Gasteiger partial charge is 0.338 e. The van der Waals surface area contributed by atoms with Crippen LogP contribution >= 0.6 is 11.6 Å². The van der Waals surface area contributed by atoms with E-state index < -0.39 is 28.2 Å². The first-order valence-corrected chi connectivity index (χ1v) is 6.11. The van der Waals surface area contributed by atoms with Gasteiger partial charge in [-0.3, -0.25) is 10.1 Å². The fourth-order valence-corrected chi connectivity index (χ4v) is 1.68. The minimum Gasteiger partial charge on any atom is -0.478 e. The number of aromatic carboxylic acids is 1. The SMILES string of the molecule is CC(O)C(C)(C)Nc1c(Cl)cc([N+](=O)[O-])cc1C(=O)O. The van der Waals surface area contributed by atoms with Crippen molar-refractivity contribution in [3.8, 4) is 0 Å². The molecule has 0 aromatic heterocycles. The second-order valence-corrected chi connectivity index (χ2v) is 5.34. The molecule has 0 heterocycles. The van der Waals surface area contributed by atoms with Crippen molar-refractivity contribution in [3.63, 3.8) is 0 Å². The van der Waals surface area contributed by atoms with Gasteiger partial charge in [0.25, 0.3) is 5.69 Å². The molecule has 0 aliphatic carbocycles. The summed E-state index contributed by atoms with van der Waals surface area (Å²) in [4.78, 5) is 21.2. The fraction of sp³-hybridized carbons (Fsp3) is 0.417. The summed E-state index contributed by atoms with van der Waals surface area (Å²) in [5.74, 6) is -1.35. The first-order chi connectivity index (χ1) is 9.06. The van der Waals surface area contributed by atoms with Gasteiger partial charge >= 0.3 is 5.97 Å². The molecule has 0 amide bonds. The van der Waals surface area contributed by atoms with E-state index in [-0.39, 0.29) is 16.3 Å². The molecular weight excluding hydrogens is 288 g/mol. The summed E-state index contributed by atoms with van der Waals surface area (Å²) in [6.45, 7) is 4.84. The van der Waals surface area contributed by atoms with Crippen LogP contribution in [-0.4, -0.2) is 32.7 Å². The molecule has 0 saturated carbocycles. The number of rotatable bonds is 5. The number of benzene rings is 1. The van der Waals surface area contributed by atoms with Gasteiger partial charge in [-0.05, 0) is 20.8 Å². The Balaban J connectivity index is 3.39. The van der Waals surface area contributed by atoms with Crippen LogP contribution < -0.4 is 5.32 Å². The lowest BCUT2D eigenvalue weighted by atomic mass is 9.97. The Hall–Kier alpha value is -1.86. The van der Waals surface area contributed by atoms with Gasteiger partial charge in [0.15, 0.2) is 0 Å². The average Bonchev–Trinajstić information content (AvgIpc) is 2.30. The Bertz CT molecular complexity index is 557. The number of nitrogens with zero attached hydrogens (tertiary/aromatic N) is 1. The number of anilines is 1. The number of aliphatic hydroxyl groups is 1. The number of halogens is 1. The largest absolute Gasteiger partial charge is 0.478 e. The number of aliphatic hydroxyl groups excluding tert-OH is 1. The molecule has 1 aromatic carbocycles. The maximum absolute atomic E-state index is 11.2. The van der Waals surface area contributed by atoms with Crippen molar-refractivity contribution in [2.75, 3.05) is 5.32 Å². The zero-order valence-electron chi connectivity index (χ0n) is 11.2. The molecule has 3 N–H and O–H groups in total. The molecule has 0 spiro atoms. The number of nitro groups is 1. The van der Waals surface area contributed by atoms with Crippen molar-refractivity contribution in [1.29, 1.82) is 0 Å². The second-order valence-electron chi connectivity index (χ2n) is 4.94. The second kappa shape index (κ2) is 5.64. The molecule has 1 atom stereocenters. The molecule has 1 rings (SSSR count). The van der Waals surface area contributed by atoms with Crippen LogP contribution in [0.5, 0.6) is 0 Å². The number of hydrogen-bond acceptors (Lipinski definition) is 5. The number of carboxylic acids is 1. The van der Waals surface area contributed by atoms with Crippen LogP contribution in [0.15, 0.2) is 12.1 Å². The Morgan fingerprint density at radius 3 is 2.45 bits per heavy atom. The van der Waals surface area contributed by atoms with Gasteiger partial charge in [0.05, 0.1) is 32.8 Å². The highest BCUT2D eigenvalue weighted by Crippen LogP contribution is 2.33. The van der Waals surface area contributed by atoms with E-state index in [4.69, 9.17) is 16.7 Å². The highest BCUT2D eigenvalue weighted by atomic mass is 35.5. The molecule has 0 saturated heterocycles. The van der Waals surface area contributed by atoms with Crippen molar-refractivity contribution in [2.24, 2.45) is 0 Å². The third-order valence-corrected chi connectivity index (χ3v) is 3.31. The van der Waals surface area contributed by atoms with Gasteiger partial charge in [-0.1, -0.05) is 11.6 Å². The van der Waals surface area contributed by atoms with Crippen LogP contribution in [0.4, 0.5) is 11.4 Å². The van der Waals surface area contributed by atoms with Gasteiger partial charge < -0.3 is 15.5 Å². The highest BCUT2D eigenvalue weighted by molar-refractivity contribution is 6.34. The number of nitrogens with one attached hydrogen (secondary N) is 1. The highest BCUT2D eigenvalue weighted by Gasteiger charge is 2.28. The van der Waals surface area contributed by atoms with Crippen molar-refractivity contribution in [3.05, 3.63) is 32.8 Å². The number of non-ortho nitro benzene ring substituents is 1. The molecule has 0 aliphatic heterocycles. The zero-order valence-corrected chi connectivity index (χ0v) is 11.9. The Labute approximate surface area is 120 Å². The number of carboxylic acid groups (broad SMARTS) is 1. The molecule has 110 valence electrons. The summed E-state index contributed by atoms with van der Waals surface area (Å²) in [6, 6.07) is 1.99. The monoisotopic (exact) mass is 302 g/mol. The normalized spacial score (nSPS) is 12.8. The summed E-state index contributed by atoms with van der Waals surface area (Å²) < 4.78 is 0. The van der Waals surface area contributed by atoms with Crippen LogP contribution in [0.1, 0.15) is 31.1 Å². The third kappa shape index (κ3) is 3.37. The molecule has 0 aliphatic rings. The van der Waals surface area contributed by atoms with E-state index in [0.29, 0.717) is 0 Å². The minimum atomic E-state index is -1.35. The number of carbonyl (C=O) groups is 1. The van der Waals surface area contributed by atoms with E-state index in [1.165, 1.54) is 6.92 Å². The molecule has 1 aromatic rings. The maximum atomic E-state index is 11.2. The quantitative estimate of drug-likeness (QED) is 0.569. The van der Waals surface area contributed by atoms with Gasteiger partial charge in [-0.25, -0.2) is 4.79 Å². The molecule has 0 fully saturated rings. The summed E-state index contributed by atoms with van der Waals surface area (Å²) in [5.41, 5.74) is -1.55. The first kappa shape index (κ1) is 16.2. The summed E-state index contributed by atoms with van der Waals surface area (Å²) >= 11 is 5.92. The van der Waals surface area contributed by atoms with Crippen LogP contribution in [0.3, 0.4) is 0 Å². The lowest BCUT2D eigenvalue weighted by Gasteiger charge is -2.31. The molecule has 0 radical (unpaired) electrons. The predicted octanol–water partition coefficient (Wildman–Crippen LogP) is 2.52.